The Hall–Kier alpha value is -1.29. The second-order valence-electron chi connectivity index (χ2n) is 3.93. The van der Waals surface area contributed by atoms with E-state index >= 15 is 0 Å². The van der Waals surface area contributed by atoms with Gasteiger partial charge >= 0.3 is 0 Å². The van der Waals surface area contributed by atoms with Gasteiger partial charge in [0.15, 0.2) is 0 Å². The van der Waals surface area contributed by atoms with E-state index in [-0.39, 0.29) is 0 Å². The number of rotatable bonds is 4. The molecule has 0 saturated carbocycles. The fourth-order valence-corrected chi connectivity index (χ4v) is 1.79. The van der Waals surface area contributed by atoms with Crippen molar-refractivity contribution in [2.75, 3.05) is 6.54 Å². The molecule has 1 heteroatoms. The smallest absolute Gasteiger partial charge is 0.215 e. The van der Waals surface area contributed by atoms with Gasteiger partial charge in [-0.05, 0) is 17.4 Å². The van der Waals surface area contributed by atoms with Crippen LogP contribution >= 0.6 is 0 Å². The highest BCUT2D eigenvalue weighted by Gasteiger charge is 2.15. The van der Waals surface area contributed by atoms with Gasteiger partial charge in [0, 0.05) is 6.42 Å². The summed E-state index contributed by atoms with van der Waals surface area (Å²) in [5, 5.41) is 0. The highest BCUT2D eigenvalue weighted by molar-refractivity contribution is 5.20. The van der Waals surface area contributed by atoms with E-state index in [0.29, 0.717) is 18.4 Å². The van der Waals surface area contributed by atoms with Gasteiger partial charge in [0.2, 0.25) is 6.54 Å². The summed E-state index contributed by atoms with van der Waals surface area (Å²) in [6.07, 6.45) is 0.977. The van der Waals surface area contributed by atoms with Crippen molar-refractivity contribution in [3.63, 3.8) is 0 Å². The lowest BCUT2D eigenvalue weighted by atomic mass is 9.86. The maximum Gasteiger partial charge on any atom is 0.215 e. The van der Waals surface area contributed by atoms with Crippen molar-refractivity contribution >= 4 is 0 Å². The summed E-state index contributed by atoms with van der Waals surface area (Å²) in [6.45, 7) is 11.9. The van der Waals surface area contributed by atoms with Crippen molar-refractivity contribution in [1.29, 1.82) is 0 Å². The van der Waals surface area contributed by atoms with Gasteiger partial charge in [0.25, 0.3) is 0 Å². The van der Waals surface area contributed by atoms with Crippen molar-refractivity contribution in [2.45, 2.75) is 26.2 Å². The van der Waals surface area contributed by atoms with Crippen LogP contribution in [0.25, 0.3) is 4.85 Å². The molecule has 74 valence electrons. The van der Waals surface area contributed by atoms with E-state index in [0.717, 1.165) is 6.42 Å². The summed E-state index contributed by atoms with van der Waals surface area (Å²) < 4.78 is 0. The van der Waals surface area contributed by atoms with Gasteiger partial charge in [-0.2, -0.15) is 0 Å². The van der Waals surface area contributed by atoms with E-state index in [1.807, 2.05) is 6.07 Å². The Bertz CT molecular complexity index is 295. The molecule has 1 aromatic rings. The Morgan fingerprint density at radius 1 is 1.21 bits per heavy atom. The maximum atomic E-state index is 6.82. The van der Waals surface area contributed by atoms with Crippen LogP contribution in [0.1, 0.15) is 31.7 Å². The number of hydrogen-bond donors (Lipinski definition) is 0. The number of benzene rings is 1. The minimum Gasteiger partial charge on any atom is -0.317 e. The van der Waals surface area contributed by atoms with Crippen LogP contribution in [0.2, 0.25) is 0 Å². The zero-order valence-corrected chi connectivity index (χ0v) is 8.90. The molecule has 1 atom stereocenters. The van der Waals surface area contributed by atoms with Crippen LogP contribution in [0, 0.1) is 12.5 Å². The molecule has 0 aliphatic carbocycles. The molecule has 0 aliphatic heterocycles. The fraction of sp³-hybridized carbons (Fsp3) is 0.462. The first kappa shape index (κ1) is 10.8. The summed E-state index contributed by atoms with van der Waals surface area (Å²) in [6, 6.07) is 10.5. The molecule has 0 aliphatic rings. The summed E-state index contributed by atoms with van der Waals surface area (Å²) in [4.78, 5) is 3.43. The first-order valence-electron chi connectivity index (χ1n) is 5.14. The number of hydrogen-bond acceptors (Lipinski definition) is 0. The third kappa shape index (κ3) is 2.88. The Labute approximate surface area is 86.6 Å². The predicted molar refractivity (Wildman–Crippen MR) is 60.1 cm³/mol. The Kier molecular flexibility index (Phi) is 4.19. The molecule has 1 unspecified atom stereocenters. The average Bonchev–Trinajstić information content (AvgIpc) is 2.19. The lowest BCUT2D eigenvalue weighted by Crippen LogP contribution is -2.07. The predicted octanol–water partition coefficient (Wildman–Crippen LogP) is 3.74. The Morgan fingerprint density at radius 2 is 1.86 bits per heavy atom. The molecule has 0 fully saturated rings. The van der Waals surface area contributed by atoms with Gasteiger partial charge in [-0.15, -0.1) is 0 Å². The molecule has 1 aromatic carbocycles. The molecule has 1 nitrogen and oxygen atoms in total. The van der Waals surface area contributed by atoms with Crippen LogP contribution in [0.4, 0.5) is 0 Å². The van der Waals surface area contributed by atoms with Gasteiger partial charge in [-0.1, -0.05) is 44.2 Å². The topological polar surface area (TPSA) is 4.36 Å². The third-order valence-electron chi connectivity index (χ3n) is 2.58. The molecule has 0 amide bonds. The average molecular weight is 187 g/mol. The molecule has 1 rings (SSSR count). The molecular formula is C13H17N. The molecule has 14 heavy (non-hydrogen) atoms. The van der Waals surface area contributed by atoms with Crippen molar-refractivity contribution in [1.82, 2.24) is 0 Å². The van der Waals surface area contributed by atoms with Crippen LogP contribution < -0.4 is 0 Å². The van der Waals surface area contributed by atoms with Gasteiger partial charge in [-0.3, -0.25) is 0 Å². The van der Waals surface area contributed by atoms with Crippen LogP contribution in [-0.4, -0.2) is 6.54 Å². The largest absolute Gasteiger partial charge is 0.317 e. The number of nitrogens with zero attached hydrogens (tertiary/aromatic N) is 1. The SMILES string of the molecule is [C-]#[N+]CCC(c1ccccc1)C(C)C. The van der Waals surface area contributed by atoms with Crippen LogP contribution in [0.3, 0.4) is 0 Å². The zero-order valence-electron chi connectivity index (χ0n) is 8.90. The lowest BCUT2D eigenvalue weighted by molar-refractivity contribution is 0.481. The monoisotopic (exact) mass is 187 g/mol. The van der Waals surface area contributed by atoms with Crippen LogP contribution in [-0.2, 0) is 0 Å². The molecule has 0 bridgehead atoms. The van der Waals surface area contributed by atoms with Crippen molar-refractivity contribution in [3.05, 3.63) is 47.3 Å². The Morgan fingerprint density at radius 3 is 2.36 bits per heavy atom. The second kappa shape index (κ2) is 5.44. The summed E-state index contributed by atoms with van der Waals surface area (Å²) in [5.74, 6) is 1.14. The molecule has 0 heterocycles. The maximum absolute atomic E-state index is 6.82. The Balaban J connectivity index is 2.74. The molecule has 0 N–H and O–H groups in total. The van der Waals surface area contributed by atoms with E-state index in [4.69, 9.17) is 6.57 Å². The van der Waals surface area contributed by atoms with Crippen LogP contribution in [0.15, 0.2) is 30.3 Å². The van der Waals surface area contributed by atoms with E-state index < -0.39 is 0 Å². The van der Waals surface area contributed by atoms with Gasteiger partial charge in [0.05, 0.1) is 0 Å². The second-order valence-corrected chi connectivity index (χ2v) is 3.93. The van der Waals surface area contributed by atoms with Gasteiger partial charge in [-0.25, -0.2) is 6.57 Å². The highest BCUT2D eigenvalue weighted by atomic mass is 14.6. The molecule has 0 aromatic heterocycles. The molecule has 0 saturated heterocycles. The van der Waals surface area contributed by atoms with E-state index in [1.54, 1.807) is 0 Å². The summed E-state index contributed by atoms with van der Waals surface area (Å²) in [7, 11) is 0. The first-order valence-corrected chi connectivity index (χ1v) is 5.14. The summed E-state index contributed by atoms with van der Waals surface area (Å²) >= 11 is 0. The quantitative estimate of drug-likeness (QED) is 0.632. The van der Waals surface area contributed by atoms with E-state index in [1.165, 1.54) is 5.56 Å². The third-order valence-corrected chi connectivity index (χ3v) is 2.58. The van der Waals surface area contributed by atoms with Crippen molar-refractivity contribution in [3.8, 4) is 0 Å². The zero-order chi connectivity index (χ0) is 10.4. The van der Waals surface area contributed by atoms with E-state index in [2.05, 4.69) is 43.0 Å². The normalized spacial score (nSPS) is 12.4. The first-order chi connectivity index (χ1) is 6.75. The van der Waals surface area contributed by atoms with Crippen LogP contribution in [0.5, 0.6) is 0 Å². The van der Waals surface area contributed by atoms with Crippen molar-refractivity contribution in [2.24, 2.45) is 5.92 Å². The molecule has 0 spiro atoms. The fourth-order valence-electron chi connectivity index (χ4n) is 1.79. The molecule has 0 radical (unpaired) electrons. The van der Waals surface area contributed by atoms with Gasteiger partial charge in [0.1, 0.15) is 0 Å². The van der Waals surface area contributed by atoms with Gasteiger partial charge < -0.3 is 4.85 Å². The summed E-state index contributed by atoms with van der Waals surface area (Å²) in [5.41, 5.74) is 1.37. The lowest BCUT2D eigenvalue weighted by Gasteiger charge is -2.18. The van der Waals surface area contributed by atoms with Crippen molar-refractivity contribution < 1.29 is 0 Å². The minimum absolute atomic E-state index is 0.533. The molecular weight excluding hydrogens is 170 g/mol. The standard InChI is InChI=1S/C13H17N/c1-11(2)13(9-10-14-3)12-7-5-4-6-8-12/h4-8,11,13H,9-10H2,1-2H3. The van der Waals surface area contributed by atoms with E-state index in [9.17, 15) is 0 Å². The highest BCUT2D eigenvalue weighted by Crippen LogP contribution is 2.27. The minimum atomic E-state index is 0.533.